The van der Waals surface area contributed by atoms with Crippen LogP contribution in [0.3, 0.4) is 0 Å². The lowest BCUT2D eigenvalue weighted by Gasteiger charge is -2.05. The van der Waals surface area contributed by atoms with Gasteiger partial charge in [0.15, 0.2) is 5.78 Å². The number of para-hydroxylation sites is 1. The third kappa shape index (κ3) is 2.25. The summed E-state index contributed by atoms with van der Waals surface area (Å²) in [6, 6.07) is 15.9. The molecule has 0 N–H and O–H groups in total. The Morgan fingerprint density at radius 3 is 2.45 bits per heavy atom. The average molecular weight is 263 g/mol. The van der Waals surface area contributed by atoms with E-state index in [0.717, 1.165) is 11.1 Å². The summed E-state index contributed by atoms with van der Waals surface area (Å²) in [6.07, 6.45) is 2.05. The fraction of sp³-hybridized carbons (Fsp3) is 0.167. The van der Waals surface area contributed by atoms with E-state index in [1.54, 1.807) is 0 Å². The predicted molar refractivity (Wildman–Crippen MR) is 82.2 cm³/mol. The van der Waals surface area contributed by atoms with Crippen molar-refractivity contribution >= 4 is 16.7 Å². The first-order valence-electron chi connectivity index (χ1n) is 6.79. The second-order valence-electron chi connectivity index (χ2n) is 5.25. The minimum absolute atomic E-state index is 0.144. The molecule has 0 aliphatic rings. The molecule has 3 rings (SSSR count). The lowest BCUT2D eigenvalue weighted by molar-refractivity contribution is 0.0973. The van der Waals surface area contributed by atoms with Crippen molar-refractivity contribution in [2.45, 2.75) is 20.4 Å². The van der Waals surface area contributed by atoms with Gasteiger partial charge in [0.05, 0.1) is 6.54 Å². The quantitative estimate of drug-likeness (QED) is 0.651. The highest BCUT2D eigenvalue weighted by atomic mass is 16.1. The standard InChI is InChI=1S/C18H17NO/c1-13-7-9-15(10-8-13)18(20)12-19-11-14(2)16-5-3-4-6-17(16)19/h3-11H,12H2,1-2H3. The van der Waals surface area contributed by atoms with Gasteiger partial charge in [-0.3, -0.25) is 4.79 Å². The highest BCUT2D eigenvalue weighted by Crippen LogP contribution is 2.20. The van der Waals surface area contributed by atoms with Gasteiger partial charge in [0, 0.05) is 22.7 Å². The summed E-state index contributed by atoms with van der Waals surface area (Å²) in [7, 11) is 0. The molecule has 0 saturated carbocycles. The molecule has 2 aromatic carbocycles. The molecule has 2 nitrogen and oxygen atoms in total. The number of Topliss-reactive ketones (excluding diaryl/α,β-unsaturated/α-hetero) is 1. The third-order valence-corrected chi connectivity index (χ3v) is 3.68. The summed E-state index contributed by atoms with van der Waals surface area (Å²) in [4.78, 5) is 12.4. The zero-order chi connectivity index (χ0) is 14.1. The maximum Gasteiger partial charge on any atom is 0.182 e. The Hall–Kier alpha value is -2.35. The largest absolute Gasteiger partial charge is 0.339 e. The van der Waals surface area contributed by atoms with E-state index in [1.165, 1.54) is 16.5 Å². The molecule has 0 saturated heterocycles. The van der Waals surface area contributed by atoms with Gasteiger partial charge in [0.1, 0.15) is 0 Å². The van der Waals surface area contributed by atoms with Gasteiger partial charge in [0.2, 0.25) is 0 Å². The summed E-state index contributed by atoms with van der Waals surface area (Å²) in [5.74, 6) is 0.144. The number of rotatable bonds is 3. The van der Waals surface area contributed by atoms with Crippen molar-refractivity contribution in [2.24, 2.45) is 0 Å². The Bertz CT molecular complexity index is 766. The SMILES string of the molecule is Cc1ccc(C(=O)Cn2cc(C)c3ccccc32)cc1. The van der Waals surface area contributed by atoms with Crippen LogP contribution in [-0.4, -0.2) is 10.4 Å². The molecular weight excluding hydrogens is 246 g/mol. The van der Waals surface area contributed by atoms with E-state index in [1.807, 2.05) is 47.9 Å². The number of fused-ring (bicyclic) bond motifs is 1. The van der Waals surface area contributed by atoms with Crippen LogP contribution in [0.5, 0.6) is 0 Å². The van der Waals surface area contributed by atoms with Gasteiger partial charge in [-0.2, -0.15) is 0 Å². The van der Waals surface area contributed by atoms with Crippen LogP contribution in [0, 0.1) is 13.8 Å². The number of carbonyl (C=O) groups excluding carboxylic acids is 1. The zero-order valence-corrected chi connectivity index (χ0v) is 11.8. The molecule has 0 atom stereocenters. The Morgan fingerprint density at radius 1 is 1.00 bits per heavy atom. The topological polar surface area (TPSA) is 22.0 Å². The van der Waals surface area contributed by atoms with E-state index in [4.69, 9.17) is 0 Å². The predicted octanol–water partition coefficient (Wildman–Crippen LogP) is 4.14. The molecule has 100 valence electrons. The first-order valence-corrected chi connectivity index (χ1v) is 6.79. The van der Waals surface area contributed by atoms with Crippen LogP contribution in [0.15, 0.2) is 54.7 Å². The van der Waals surface area contributed by atoms with E-state index in [0.29, 0.717) is 6.54 Å². The Balaban J connectivity index is 1.93. The van der Waals surface area contributed by atoms with E-state index in [2.05, 4.69) is 25.3 Å². The Labute approximate surface area is 118 Å². The number of aryl methyl sites for hydroxylation is 2. The molecule has 0 spiro atoms. The maximum atomic E-state index is 12.4. The van der Waals surface area contributed by atoms with Crippen molar-refractivity contribution < 1.29 is 4.79 Å². The van der Waals surface area contributed by atoms with Crippen molar-refractivity contribution in [3.05, 3.63) is 71.4 Å². The highest BCUT2D eigenvalue weighted by Gasteiger charge is 2.10. The summed E-state index contributed by atoms with van der Waals surface area (Å²) >= 11 is 0. The van der Waals surface area contributed by atoms with Gasteiger partial charge >= 0.3 is 0 Å². The van der Waals surface area contributed by atoms with Crippen molar-refractivity contribution in [1.82, 2.24) is 4.57 Å². The van der Waals surface area contributed by atoms with Gasteiger partial charge < -0.3 is 4.57 Å². The third-order valence-electron chi connectivity index (χ3n) is 3.68. The highest BCUT2D eigenvalue weighted by molar-refractivity contribution is 5.97. The molecular formula is C18H17NO. The molecule has 0 aliphatic heterocycles. The van der Waals surface area contributed by atoms with Crippen LogP contribution in [-0.2, 0) is 6.54 Å². The monoisotopic (exact) mass is 263 g/mol. The molecule has 0 radical (unpaired) electrons. The summed E-state index contributed by atoms with van der Waals surface area (Å²) < 4.78 is 2.03. The molecule has 0 aliphatic carbocycles. The van der Waals surface area contributed by atoms with Crippen LogP contribution in [0.25, 0.3) is 10.9 Å². The summed E-state index contributed by atoms with van der Waals surface area (Å²) in [6.45, 7) is 4.49. The number of ketones is 1. The normalized spacial score (nSPS) is 10.9. The molecule has 2 heteroatoms. The Kier molecular flexibility index (Phi) is 3.15. The lowest BCUT2D eigenvalue weighted by atomic mass is 10.1. The summed E-state index contributed by atoms with van der Waals surface area (Å²) in [5.41, 5.74) is 4.26. The van der Waals surface area contributed by atoms with E-state index >= 15 is 0 Å². The number of benzene rings is 2. The van der Waals surface area contributed by atoms with Crippen molar-refractivity contribution in [3.63, 3.8) is 0 Å². The van der Waals surface area contributed by atoms with Crippen LogP contribution in [0.2, 0.25) is 0 Å². The minimum atomic E-state index is 0.144. The number of carbonyl (C=O) groups is 1. The second kappa shape index (κ2) is 4.97. The van der Waals surface area contributed by atoms with Crippen LogP contribution in [0.4, 0.5) is 0 Å². The molecule has 0 bridgehead atoms. The summed E-state index contributed by atoms with van der Waals surface area (Å²) in [5, 5.41) is 1.21. The van der Waals surface area contributed by atoms with Crippen molar-refractivity contribution in [1.29, 1.82) is 0 Å². The van der Waals surface area contributed by atoms with Gasteiger partial charge in [-0.15, -0.1) is 0 Å². The first-order chi connectivity index (χ1) is 9.65. The molecule has 1 heterocycles. The van der Waals surface area contributed by atoms with Gasteiger partial charge in [0.25, 0.3) is 0 Å². The van der Waals surface area contributed by atoms with Crippen LogP contribution >= 0.6 is 0 Å². The van der Waals surface area contributed by atoms with Crippen LogP contribution < -0.4 is 0 Å². The van der Waals surface area contributed by atoms with E-state index < -0.39 is 0 Å². The molecule has 3 aromatic rings. The number of hydrogen-bond acceptors (Lipinski definition) is 1. The zero-order valence-electron chi connectivity index (χ0n) is 11.8. The number of hydrogen-bond donors (Lipinski definition) is 0. The second-order valence-corrected chi connectivity index (χ2v) is 5.25. The van der Waals surface area contributed by atoms with Crippen molar-refractivity contribution in [3.8, 4) is 0 Å². The smallest absolute Gasteiger partial charge is 0.182 e. The first kappa shape index (κ1) is 12.7. The Morgan fingerprint density at radius 2 is 1.70 bits per heavy atom. The lowest BCUT2D eigenvalue weighted by Crippen LogP contribution is -2.09. The molecule has 0 unspecified atom stereocenters. The number of aromatic nitrogens is 1. The molecule has 20 heavy (non-hydrogen) atoms. The molecule has 0 amide bonds. The van der Waals surface area contributed by atoms with Crippen molar-refractivity contribution in [2.75, 3.05) is 0 Å². The fourth-order valence-corrected chi connectivity index (χ4v) is 2.55. The molecule has 1 aromatic heterocycles. The molecule has 0 fully saturated rings. The van der Waals surface area contributed by atoms with Gasteiger partial charge in [-0.25, -0.2) is 0 Å². The van der Waals surface area contributed by atoms with Crippen LogP contribution in [0.1, 0.15) is 21.5 Å². The van der Waals surface area contributed by atoms with Gasteiger partial charge in [-0.05, 0) is 25.5 Å². The van der Waals surface area contributed by atoms with Gasteiger partial charge in [-0.1, -0.05) is 48.0 Å². The number of nitrogens with zero attached hydrogens (tertiary/aromatic N) is 1. The van der Waals surface area contributed by atoms with E-state index in [-0.39, 0.29) is 5.78 Å². The van der Waals surface area contributed by atoms with E-state index in [9.17, 15) is 4.79 Å². The minimum Gasteiger partial charge on any atom is -0.339 e. The fourth-order valence-electron chi connectivity index (χ4n) is 2.55. The maximum absolute atomic E-state index is 12.4. The average Bonchev–Trinajstić information content (AvgIpc) is 2.77.